The summed E-state index contributed by atoms with van der Waals surface area (Å²) in [6, 6.07) is 12.0. The highest BCUT2D eigenvalue weighted by atomic mass is 32.2. The minimum absolute atomic E-state index is 0.0916. The van der Waals surface area contributed by atoms with Crippen molar-refractivity contribution in [3.05, 3.63) is 66.0 Å². The first-order chi connectivity index (χ1) is 9.90. The molecule has 2 rings (SSSR count). The zero-order chi connectivity index (χ0) is 15.5. The normalized spacial score (nSPS) is 12.8. The van der Waals surface area contributed by atoms with E-state index in [1.54, 1.807) is 30.3 Å². The lowest BCUT2D eigenvalue weighted by atomic mass is 10.1. The molecule has 2 aromatic rings. The van der Waals surface area contributed by atoms with Crippen LogP contribution < -0.4 is 10.5 Å². The lowest BCUT2D eigenvalue weighted by Gasteiger charge is -2.17. The monoisotopic (exact) mass is 307 g/mol. The van der Waals surface area contributed by atoms with E-state index in [9.17, 15) is 12.8 Å². The standard InChI is InChI=1S/C14H14FN3O2S/c15-11-6-8-12(9-7-11)21(19,20)18-13(14(16)17)10-4-2-1-3-5-10/h1-9,13,18H,(H3,16,17). The van der Waals surface area contributed by atoms with E-state index in [0.29, 0.717) is 5.56 Å². The van der Waals surface area contributed by atoms with E-state index < -0.39 is 21.9 Å². The van der Waals surface area contributed by atoms with Crippen LogP contribution in [0.4, 0.5) is 4.39 Å². The molecule has 0 fully saturated rings. The molecule has 7 heteroatoms. The van der Waals surface area contributed by atoms with Crippen LogP contribution in [-0.2, 0) is 10.0 Å². The Kier molecular flexibility index (Phi) is 4.35. The zero-order valence-corrected chi connectivity index (χ0v) is 11.8. The van der Waals surface area contributed by atoms with Crippen molar-refractivity contribution in [2.24, 2.45) is 5.73 Å². The Morgan fingerprint density at radius 1 is 1.10 bits per heavy atom. The second-order valence-corrected chi connectivity index (χ2v) is 6.09. The number of benzene rings is 2. The minimum Gasteiger partial charge on any atom is -0.386 e. The van der Waals surface area contributed by atoms with Crippen LogP contribution in [0.3, 0.4) is 0 Å². The van der Waals surface area contributed by atoms with Gasteiger partial charge in [-0.25, -0.2) is 12.8 Å². The average molecular weight is 307 g/mol. The second-order valence-electron chi connectivity index (χ2n) is 4.37. The number of hydrogen-bond acceptors (Lipinski definition) is 3. The molecular weight excluding hydrogens is 293 g/mol. The van der Waals surface area contributed by atoms with Crippen LogP contribution in [0.2, 0.25) is 0 Å². The molecule has 0 spiro atoms. The SMILES string of the molecule is N=C(N)C(NS(=O)(=O)c1ccc(F)cc1)c1ccccc1. The van der Waals surface area contributed by atoms with E-state index in [-0.39, 0.29) is 10.7 Å². The van der Waals surface area contributed by atoms with Gasteiger partial charge in [-0.3, -0.25) is 5.41 Å². The van der Waals surface area contributed by atoms with Gasteiger partial charge < -0.3 is 5.73 Å². The van der Waals surface area contributed by atoms with Crippen molar-refractivity contribution in [3.8, 4) is 0 Å². The van der Waals surface area contributed by atoms with Crippen molar-refractivity contribution in [1.29, 1.82) is 5.41 Å². The Morgan fingerprint density at radius 3 is 2.19 bits per heavy atom. The van der Waals surface area contributed by atoms with Crippen LogP contribution in [0, 0.1) is 11.2 Å². The summed E-state index contributed by atoms with van der Waals surface area (Å²) in [6.07, 6.45) is 0. The van der Waals surface area contributed by atoms with Crippen molar-refractivity contribution < 1.29 is 12.8 Å². The number of sulfonamides is 1. The third-order valence-electron chi connectivity index (χ3n) is 2.84. The molecule has 0 aliphatic rings. The van der Waals surface area contributed by atoms with Crippen LogP contribution in [0.5, 0.6) is 0 Å². The summed E-state index contributed by atoms with van der Waals surface area (Å²) in [6.45, 7) is 0. The van der Waals surface area contributed by atoms with Gasteiger partial charge in [0.2, 0.25) is 10.0 Å². The molecule has 0 aliphatic heterocycles. The maximum absolute atomic E-state index is 12.9. The van der Waals surface area contributed by atoms with Crippen LogP contribution in [0.15, 0.2) is 59.5 Å². The predicted octanol–water partition coefficient (Wildman–Crippen LogP) is 1.78. The first kappa shape index (κ1) is 15.1. The fourth-order valence-corrected chi connectivity index (χ4v) is 3.00. The van der Waals surface area contributed by atoms with Gasteiger partial charge in [-0.1, -0.05) is 30.3 Å². The Labute approximate surface area is 122 Å². The third-order valence-corrected chi connectivity index (χ3v) is 4.28. The molecule has 0 aromatic heterocycles. The largest absolute Gasteiger partial charge is 0.386 e. The smallest absolute Gasteiger partial charge is 0.241 e. The van der Waals surface area contributed by atoms with Crippen LogP contribution in [-0.4, -0.2) is 14.3 Å². The number of rotatable bonds is 5. The van der Waals surface area contributed by atoms with E-state index in [2.05, 4.69) is 4.72 Å². The van der Waals surface area contributed by atoms with Gasteiger partial charge in [-0.05, 0) is 29.8 Å². The summed E-state index contributed by atoms with van der Waals surface area (Å²) in [5.41, 5.74) is 6.03. The molecule has 0 saturated heterocycles. The quantitative estimate of drug-likeness (QED) is 0.580. The van der Waals surface area contributed by atoms with Crippen molar-refractivity contribution >= 4 is 15.9 Å². The molecule has 21 heavy (non-hydrogen) atoms. The minimum atomic E-state index is -3.91. The van der Waals surface area contributed by atoms with E-state index in [0.717, 1.165) is 24.3 Å². The molecule has 2 aromatic carbocycles. The Balaban J connectivity index is 2.32. The van der Waals surface area contributed by atoms with Gasteiger partial charge in [0.1, 0.15) is 17.7 Å². The van der Waals surface area contributed by atoms with E-state index in [1.165, 1.54) is 0 Å². The molecule has 0 radical (unpaired) electrons. The number of amidine groups is 1. The third kappa shape index (κ3) is 3.65. The van der Waals surface area contributed by atoms with Gasteiger partial charge in [0, 0.05) is 0 Å². The molecule has 1 unspecified atom stereocenters. The molecule has 0 amide bonds. The lowest BCUT2D eigenvalue weighted by molar-refractivity contribution is 0.575. The molecule has 0 bridgehead atoms. The molecule has 4 N–H and O–H groups in total. The van der Waals surface area contributed by atoms with Gasteiger partial charge in [-0.2, -0.15) is 4.72 Å². The molecule has 1 atom stereocenters. The van der Waals surface area contributed by atoms with Crippen LogP contribution >= 0.6 is 0 Å². The van der Waals surface area contributed by atoms with Crippen molar-refractivity contribution in [2.45, 2.75) is 10.9 Å². The average Bonchev–Trinajstić information content (AvgIpc) is 2.46. The summed E-state index contributed by atoms with van der Waals surface area (Å²) in [4.78, 5) is -0.0916. The number of halogens is 1. The maximum Gasteiger partial charge on any atom is 0.241 e. The maximum atomic E-state index is 12.9. The van der Waals surface area contributed by atoms with E-state index in [1.807, 2.05) is 0 Å². The molecule has 110 valence electrons. The van der Waals surface area contributed by atoms with Crippen LogP contribution in [0.1, 0.15) is 11.6 Å². The van der Waals surface area contributed by atoms with E-state index >= 15 is 0 Å². The second kappa shape index (κ2) is 6.02. The molecule has 0 saturated carbocycles. The Hall–Kier alpha value is -2.25. The van der Waals surface area contributed by atoms with Crippen molar-refractivity contribution in [3.63, 3.8) is 0 Å². The van der Waals surface area contributed by atoms with Gasteiger partial charge in [0.25, 0.3) is 0 Å². The Morgan fingerprint density at radius 2 is 1.67 bits per heavy atom. The van der Waals surface area contributed by atoms with Crippen molar-refractivity contribution in [1.82, 2.24) is 4.72 Å². The number of nitrogens with two attached hydrogens (primary N) is 1. The first-order valence-corrected chi connectivity index (χ1v) is 7.55. The highest BCUT2D eigenvalue weighted by molar-refractivity contribution is 7.89. The molecule has 5 nitrogen and oxygen atoms in total. The topological polar surface area (TPSA) is 96.0 Å². The van der Waals surface area contributed by atoms with E-state index in [4.69, 9.17) is 11.1 Å². The van der Waals surface area contributed by atoms with Crippen molar-refractivity contribution in [2.75, 3.05) is 0 Å². The number of nitrogens with one attached hydrogen (secondary N) is 2. The predicted molar refractivity (Wildman–Crippen MR) is 77.8 cm³/mol. The van der Waals surface area contributed by atoms with Crippen LogP contribution in [0.25, 0.3) is 0 Å². The zero-order valence-electron chi connectivity index (χ0n) is 11.0. The summed E-state index contributed by atoms with van der Waals surface area (Å²) in [5, 5.41) is 7.56. The Bertz CT molecular complexity index is 731. The molecule has 0 heterocycles. The van der Waals surface area contributed by atoms with Gasteiger partial charge in [-0.15, -0.1) is 0 Å². The lowest BCUT2D eigenvalue weighted by Crippen LogP contribution is -2.37. The first-order valence-electron chi connectivity index (χ1n) is 6.07. The summed E-state index contributed by atoms with van der Waals surface area (Å²) >= 11 is 0. The summed E-state index contributed by atoms with van der Waals surface area (Å²) in [7, 11) is -3.91. The van der Waals surface area contributed by atoms with Gasteiger partial charge in [0.05, 0.1) is 4.90 Å². The highest BCUT2D eigenvalue weighted by Gasteiger charge is 2.23. The summed E-state index contributed by atoms with van der Waals surface area (Å²) < 4.78 is 39.7. The molecular formula is C14H14FN3O2S. The number of hydrogen-bond donors (Lipinski definition) is 3. The van der Waals surface area contributed by atoms with Gasteiger partial charge in [0.15, 0.2) is 0 Å². The highest BCUT2D eigenvalue weighted by Crippen LogP contribution is 2.17. The summed E-state index contributed by atoms with van der Waals surface area (Å²) in [5.74, 6) is -0.855. The molecule has 0 aliphatic carbocycles. The van der Waals surface area contributed by atoms with Gasteiger partial charge >= 0.3 is 0 Å². The fraction of sp³-hybridized carbons (Fsp3) is 0.0714. The fourth-order valence-electron chi connectivity index (χ4n) is 1.79.